The summed E-state index contributed by atoms with van der Waals surface area (Å²) in [6.45, 7) is 0. The van der Waals surface area contributed by atoms with Crippen LogP contribution in [0.15, 0.2) is 72.8 Å². The zero-order valence-electron chi connectivity index (χ0n) is 19.6. The molecule has 0 unspecified atom stereocenters. The smallest absolute Gasteiger partial charge is 0.307 e. The maximum absolute atomic E-state index is 13.1. The van der Waals surface area contributed by atoms with Crippen molar-refractivity contribution < 1.29 is 33.5 Å². The van der Waals surface area contributed by atoms with Gasteiger partial charge >= 0.3 is 5.97 Å². The zero-order valence-corrected chi connectivity index (χ0v) is 19.6. The zero-order chi connectivity index (χ0) is 26.1. The predicted molar refractivity (Wildman–Crippen MR) is 130 cm³/mol. The van der Waals surface area contributed by atoms with Gasteiger partial charge in [-0.15, -0.1) is 0 Å². The molecule has 0 aromatic heterocycles. The number of methoxy groups -OCH3 is 2. The molecule has 1 atom stereocenters. The second-order valence-electron chi connectivity index (χ2n) is 7.56. The van der Waals surface area contributed by atoms with Gasteiger partial charge in [-0.3, -0.25) is 24.5 Å². The van der Waals surface area contributed by atoms with Crippen molar-refractivity contribution in [3.63, 3.8) is 0 Å². The molecule has 0 bridgehead atoms. The lowest BCUT2D eigenvalue weighted by atomic mass is 9.99. The monoisotopic (exact) mass is 492 g/mol. The van der Waals surface area contributed by atoms with E-state index in [0.717, 1.165) is 0 Å². The SMILES string of the molecule is COc1ccc(C(=O)[C@@H](OC(=O)CCC(=O)Nc2ccc(OC)cc2[N+](=O)[O-])c2ccccc2)cc1. The highest BCUT2D eigenvalue weighted by molar-refractivity contribution is 6.01. The Bertz CT molecular complexity index is 1240. The average molecular weight is 492 g/mol. The van der Waals surface area contributed by atoms with Gasteiger partial charge in [0.25, 0.3) is 5.69 Å². The number of hydrogen-bond donors (Lipinski definition) is 1. The number of anilines is 1. The van der Waals surface area contributed by atoms with Crippen molar-refractivity contribution in [3.05, 3.63) is 94.0 Å². The summed E-state index contributed by atoms with van der Waals surface area (Å²) >= 11 is 0. The molecular weight excluding hydrogens is 468 g/mol. The van der Waals surface area contributed by atoms with Crippen LogP contribution >= 0.6 is 0 Å². The number of carbonyl (C=O) groups is 3. The molecule has 36 heavy (non-hydrogen) atoms. The lowest BCUT2D eigenvalue weighted by Crippen LogP contribution is -2.21. The van der Waals surface area contributed by atoms with E-state index in [1.165, 1.54) is 32.4 Å². The fraction of sp³-hybridized carbons (Fsp3) is 0.192. The first-order valence-electron chi connectivity index (χ1n) is 10.9. The summed E-state index contributed by atoms with van der Waals surface area (Å²) in [6.07, 6.45) is -1.85. The molecule has 186 valence electrons. The number of amides is 1. The van der Waals surface area contributed by atoms with Crippen molar-refractivity contribution >= 4 is 29.0 Å². The van der Waals surface area contributed by atoms with E-state index in [2.05, 4.69) is 5.32 Å². The Morgan fingerprint density at radius 2 is 1.53 bits per heavy atom. The molecule has 0 spiro atoms. The van der Waals surface area contributed by atoms with E-state index in [-0.39, 0.29) is 30.0 Å². The molecule has 0 radical (unpaired) electrons. The highest BCUT2D eigenvalue weighted by Gasteiger charge is 2.26. The van der Waals surface area contributed by atoms with E-state index < -0.39 is 28.7 Å². The van der Waals surface area contributed by atoms with Crippen LogP contribution < -0.4 is 14.8 Å². The summed E-state index contributed by atoms with van der Waals surface area (Å²) in [5.41, 5.74) is 0.419. The normalized spacial score (nSPS) is 11.2. The largest absolute Gasteiger partial charge is 0.497 e. The van der Waals surface area contributed by atoms with Crippen LogP contribution in [0.5, 0.6) is 11.5 Å². The highest BCUT2D eigenvalue weighted by Crippen LogP contribution is 2.29. The molecule has 3 rings (SSSR count). The average Bonchev–Trinajstić information content (AvgIpc) is 2.90. The van der Waals surface area contributed by atoms with Gasteiger partial charge in [0.15, 0.2) is 6.10 Å². The van der Waals surface area contributed by atoms with Gasteiger partial charge in [-0.05, 0) is 36.4 Å². The molecular formula is C26H24N2O8. The standard InChI is InChI=1S/C26H24N2O8/c1-34-19-10-8-17(9-11-19)25(31)26(18-6-4-3-5-7-18)36-24(30)15-14-23(29)27-21-13-12-20(35-2)16-22(21)28(32)33/h3-13,16,26H,14-15H2,1-2H3,(H,27,29)/t26-/m0/s1. The number of rotatable bonds is 11. The van der Waals surface area contributed by atoms with Crippen LogP contribution in [0.3, 0.4) is 0 Å². The number of nitro benzene ring substituents is 1. The van der Waals surface area contributed by atoms with Gasteiger partial charge in [0.2, 0.25) is 11.7 Å². The van der Waals surface area contributed by atoms with Gasteiger partial charge in [-0.1, -0.05) is 30.3 Å². The summed E-state index contributed by atoms with van der Waals surface area (Å²) in [5.74, 6) is -1.00. The quantitative estimate of drug-likeness (QED) is 0.179. The van der Waals surface area contributed by atoms with Crippen molar-refractivity contribution in [3.8, 4) is 11.5 Å². The number of nitro groups is 1. The number of esters is 1. The number of ketones is 1. The molecule has 3 aromatic carbocycles. The fourth-order valence-corrected chi connectivity index (χ4v) is 3.32. The number of Topliss-reactive ketones (excluding diaryl/α,β-unsaturated/α-hetero) is 1. The Kier molecular flexibility index (Phi) is 8.71. The lowest BCUT2D eigenvalue weighted by molar-refractivity contribution is -0.384. The van der Waals surface area contributed by atoms with Crippen LogP contribution in [0.4, 0.5) is 11.4 Å². The van der Waals surface area contributed by atoms with Gasteiger partial charge in [0, 0.05) is 17.5 Å². The molecule has 0 aliphatic rings. The number of nitrogens with zero attached hydrogens (tertiary/aromatic N) is 1. The maximum Gasteiger partial charge on any atom is 0.307 e. The van der Waals surface area contributed by atoms with Crippen molar-refractivity contribution in [1.82, 2.24) is 0 Å². The molecule has 10 heteroatoms. The minimum Gasteiger partial charge on any atom is -0.497 e. The van der Waals surface area contributed by atoms with Crippen LogP contribution in [-0.2, 0) is 14.3 Å². The molecule has 0 heterocycles. The van der Waals surface area contributed by atoms with E-state index in [1.807, 2.05) is 0 Å². The molecule has 0 saturated heterocycles. The van der Waals surface area contributed by atoms with E-state index in [9.17, 15) is 24.5 Å². The fourth-order valence-electron chi connectivity index (χ4n) is 3.32. The van der Waals surface area contributed by atoms with Crippen LogP contribution in [0.2, 0.25) is 0 Å². The van der Waals surface area contributed by atoms with Gasteiger partial charge in [-0.25, -0.2) is 0 Å². The topological polar surface area (TPSA) is 134 Å². The number of carbonyl (C=O) groups excluding carboxylic acids is 3. The van der Waals surface area contributed by atoms with Crippen molar-refractivity contribution in [2.24, 2.45) is 0 Å². The maximum atomic E-state index is 13.1. The Morgan fingerprint density at radius 3 is 2.14 bits per heavy atom. The minimum atomic E-state index is -1.21. The second-order valence-corrected chi connectivity index (χ2v) is 7.56. The van der Waals surface area contributed by atoms with E-state index in [0.29, 0.717) is 16.9 Å². The second kappa shape index (κ2) is 12.1. The highest BCUT2D eigenvalue weighted by atomic mass is 16.6. The Hall–Kier alpha value is -4.73. The summed E-state index contributed by atoms with van der Waals surface area (Å²) in [4.78, 5) is 48.7. The first-order chi connectivity index (χ1) is 17.3. The number of benzene rings is 3. The molecule has 0 fully saturated rings. The predicted octanol–water partition coefficient (Wildman–Crippen LogP) is 4.50. The van der Waals surface area contributed by atoms with E-state index >= 15 is 0 Å². The van der Waals surface area contributed by atoms with Crippen LogP contribution in [0.25, 0.3) is 0 Å². The number of ether oxygens (including phenoxy) is 3. The van der Waals surface area contributed by atoms with Crippen molar-refractivity contribution in [2.45, 2.75) is 18.9 Å². The first-order valence-corrected chi connectivity index (χ1v) is 10.9. The summed E-state index contributed by atoms with van der Waals surface area (Å²) < 4.78 is 15.6. The molecule has 0 saturated carbocycles. The Labute approximate surface area is 206 Å². The molecule has 0 aliphatic carbocycles. The summed E-state index contributed by atoms with van der Waals surface area (Å²) in [7, 11) is 2.87. The van der Waals surface area contributed by atoms with Gasteiger partial charge in [0.05, 0.1) is 31.6 Å². The van der Waals surface area contributed by atoms with Crippen LogP contribution in [0, 0.1) is 10.1 Å². The molecule has 3 aromatic rings. The van der Waals surface area contributed by atoms with Crippen LogP contribution in [-0.4, -0.2) is 36.8 Å². The molecule has 1 amide bonds. The third-order valence-corrected chi connectivity index (χ3v) is 5.20. The first kappa shape index (κ1) is 25.9. The molecule has 10 nitrogen and oxygen atoms in total. The van der Waals surface area contributed by atoms with Gasteiger partial charge < -0.3 is 19.5 Å². The Morgan fingerprint density at radius 1 is 0.889 bits per heavy atom. The Balaban J connectivity index is 1.67. The van der Waals surface area contributed by atoms with Gasteiger partial charge in [-0.2, -0.15) is 0 Å². The molecule has 0 aliphatic heterocycles. The van der Waals surface area contributed by atoms with E-state index in [4.69, 9.17) is 14.2 Å². The van der Waals surface area contributed by atoms with E-state index in [1.54, 1.807) is 54.6 Å². The van der Waals surface area contributed by atoms with Crippen molar-refractivity contribution in [2.75, 3.05) is 19.5 Å². The number of nitrogens with one attached hydrogen (secondary N) is 1. The summed E-state index contributed by atoms with van der Waals surface area (Å²) in [6, 6.07) is 18.9. The van der Waals surface area contributed by atoms with Crippen LogP contribution in [0.1, 0.15) is 34.9 Å². The third-order valence-electron chi connectivity index (χ3n) is 5.20. The molecule has 1 N–H and O–H groups in total. The third kappa shape index (κ3) is 6.66. The lowest BCUT2D eigenvalue weighted by Gasteiger charge is -2.17. The minimum absolute atomic E-state index is 0.0315. The van der Waals surface area contributed by atoms with Gasteiger partial charge in [0.1, 0.15) is 17.2 Å². The number of hydrogen-bond acceptors (Lipinski definition) is 8. The summed E-state index contributed by atoms with van der Waals surface area (Å²) in [5, 5.41) is 13.7. The van der Waals surface area contributed by atoms with Crippen molar-refractivity contribution in [1.29, 1.82) is 0 Å².